The van der Waals surface area contributed by atoms with E-state index >= 15 is 0 Å². The van der Waals surface area contributed by atoms with Crippen LogP contribution in [0, 0.1) is 0 Å². The van der Waals surface area contributed by atoms with Crippen molar-refractivity contribution in [2.24, 2.45) is 5.73 Å². The number of benzene rings is 2. The molecule has 0 spiro atoms. The van der Waals surface area contributed by atoms with Gasteiger partial charge in [-0.1, -0.05) is 24.3 Å². The van der Waals surface area contributed by atoms with Crippen LogP contribution in [0.1, 0.15) is 15.9 Å². The van der Waals surface area contributed by atoms with Gasteiger partial charge in [0.15, 0.2) is 0 Å². The Labute approximate surface area is 138 Å². The zero-order valence-electron chi connectivity index (χ0n) is 13.0. The number of carbonyl (C=O) groups is 3. The Bertz CT molecular complexity index is 757. The van der Waals surface area contributed by atoms with E-state index in [0.717, 1.165) is 11.3 Å². The van der Waals surface area contributed by atoms with E-state index in [4.69, 9.17) is 10.5 Å². The molecule has 2 aromatic rings. The van der Waals surface area contributed by atoms with Gasteiger partial charge < -0.3 is 21.1 Å². The average Bonchev–Trinajstić information content (AvgIpc) is 2.60. The lowest BCUT2D eigenvalue weighted by atomic mass is 10.1. The predicted molar refractivity (Wildman–Crippen MR) is 88.4 cm³/mol. The first-order valence-corrected chi connectivity index (χ1v) is 7.12. The van der Waals surface area contributed by atoms with Crippen molar-refractivity contribution in [3.8, 4) is 5.75 Å². The number of amides is 3. The molecule has 0 heterocycles. The quantitative estimate of drug-likeness (QED) is 0.713. The molecule has 0 saturated heterocycles. The molecule has 0 bridgehead atoms. The van der Waals surface area contributed by atoms with Crippen LogP contribution in [0.25, 0.3) is 0 Å². The number of para-hydroxylation sites is 1. The molecule has 0 unspecified atom stereocenters. The number of hydrogen-bond acceptors (Lipinski definition) is 4. The summed E-state index contributed by atoms with van der Waals surface area (Å²) in [5, 5.41) is 5.06. The Morgan fingerprint density at radius 3 is 2.33 bits per heavy atom. The van der Waals surface area contributed by atoms with Gasteiger partial charge in [-0.3, -0.25) is 14.4 Å². The molecule has 2 aromatic carbocycles. The van der Waals surface area contributed by atoms with Crippen LogP contribution < -0.4 is 21.1 Å². The van der Waals surface area contributed by atoms with Crippen molar-refractivity contribution in [3.63, 3.8) is 0 Å². The Morgan fingerprint density at radius 1 is 1.04 bits per heavy atom. The molecule has 0 saturated carbocycles. The van der Waals surface area contributed by atoms with Gasteiger partial charge in [-0.25, -0.2) is 0 Å². The molecule has 24 heavy (non-hydrogen) atoms. The highest BCUT2D eigenvalue weighted by molar-refractivity contribution is 6.39. The van der Waals surface area contributed by atoms with Crippen molar-refractivity contribution in [3.05, 3.63) is 59.7 Å². The van der Waals surface area contributed by atoms with Crippen LogP contribution >= 0.6 is 0 Å². The van der Waals surface area contributed by atoms with Crippen molar-refractivity contribution >= 4 is 23.4 Å². The fourth-order valence-electron chi connectivity index (χ4n) is 1.99. The molecule has 0 aromatic heterocycles. The molecule has 0 aliphatic rings. The largest absolute Gasteiger partial charge is 0.497 e. The molecular weight excluding hydrogens is 310 g/mol. The van der Waals surface area contributed by atoms with Gasteiger partial charge in [0.1, 0.15) is 5.75 Å². The van der Waals surface area contributed by atoms with Gasteiger partial charge in [0.25, 0.3) is 5.91 Å². The van der Waals surface area contributed by atoms with E-state index in [9.17, 15) is 14.4 Å². The lowest BCUT2D eigenvalue weighted by molar-refractivity contribution is -0.134. The maximum Gasteiger partial charge on any atom is 0.313 e. The number of anilines is 1. The Kier molecular flexibility index (Phi) is 5.51. The topological polar surface area (TPSA) is 111 Å². The molecule has 7 nitrogen and oxygen atoms in total. The van der Waals surface area contributed by atoms with Crippen LogP contribution in [0.2, 0.25) is 0 Å². The van der Waals surface area contributed by atoms with Gasteiger partial charge in [-0.15, -0.1) is 0 Å². The highest BCUT2D eigenvalue weighted by Crippen LogP contribution is 2.15. The van der Waals surface area contributed by atoms with Gasteiger partial charge in [-0.05, 0) is 29.8 Å². The van der Waals surface area contributed by atoms with Crippen LogP contribution in [0.4, 0.5) is 5.69 Å². The molecule has 0 atom stereocenters. The van der Waals surface area contributed by atoms with Gasteiger partial charge in [-0.2, -0.15) is 0 Å². The average molecular weight is 327 g/mol. The molecule has 3 amide bonds. The number of primary amides is 1. The molecule has 2 rings (SSSR count). The summed E-state index contributed by atoms with van der Waals surface area (Å²) in [4.78, 5) is 34.6. The smallest absolute Gasteiger partial charge is 0.313 e. The lowest BCUT2D eigenvalue weighted by Gasteiger charge is -2.11. The summed E-state index contributed by atoms with van der Waals surface area (Å²) in [5.74, 6) is -1.76. The van der Waals surface area contributed by atoms with Gasteiger partial charge >= 0.3 is 11.8 Å². The van der Waals surface area contributed by atoms with Crippen molar-refractivity contribution in [1.82, 2.24) is 5.32 Å². The Hall–Kier alpha value is -3.35. The molecule has 4 N–H and O–H groups in total. The standard InChI is InChI=1S/C17H17N3O4/c1-24-12-8-6-11(7-9-12)10-19-16(22)13-4-2-3-5-14(13)20-17(23)15(18)21/h2-9H,10H2,1H3,(H2,18,21)(H,19,22)(H,20,23). The van der Waals surface area contributed by atoms with E-state index in [-0.39, 0.29) is 17.2 Å². The normalized spacial score (nSPS) is 9.88. The van der Waals surface area contributed by atoms with Gasteiger partial charge in [0.05, 0.1) is 18.4 Å². The fraction of sp³-hybridized carbons (Fsp3) is 0.118. The number of hydrogen-bond donors (Lipinski definition) is 3. The van der Waals surface area contributed by atoms with Crippen LogP contribution in [0.15, 0.2) is 48.5 Å². The third-order valence-corrected chi connectivity index (χ3v) is 3.26. The first-order valence-electron chi connectivity index (χ1n) is 7.12. The molecule has 0 radical (unpaired) electrons. The molecular formula is C17H17N3O4. The zero-order chi connectivity index (χ0) is 17.5. The van der Waals surface area contributed by atoms with E-state index in [1.165, 1.54) is 6.07 Å². The highest BCUT2D eigenvalue weighted by atomic mass is 16.5. The van der Waals surface area contributed by atoms with E-state index in [2.05, 4.69) is 10.6 Å². The fourth-order valence-corrected chi connectivity index (χ4v) is 1.99. The maximum absolute atomic E-state index is 12.3. The third kappa shape index (κ3) is 4.33. The summed E-state index contributed by atoms with van der Waals surface area (Å²) < 4.78 is 5.07. The molecule has 0 aliphatic heterocycles. The molecule has 124 valence electrons. The molecule has 7 heteroatoms. The highest BCUT2D eigenvalue weighted by Gasteiger charge is 2.15. The second-order valence-corrected chi connectivity index (χ2v) is 4.89. The Balaban J connectivity index is 2.06. The first kappa shape index (κ1) is 17.0. The summed E-state index contributed by atoms with van der Waals surface area (Å²) >= 11 is 0. The number of ether oxygens (including phenoxy) is 1. The minimum Gasteiger partial charge on any atom is -0.497 e. The number of nitrogens with two attached hydrogens (primary N) is 1. The van der Waals surface area contributed by atoms with Crippen molar-refractivity contribution in [2.75, 3.05) is 12.4 Å². The lowest BCUT2D eigenvalue weighted by Crippen LogP contribution is -2.31. The molecule has 0 aliphatic carbocycles. The summed E-state index contributed by atoms with van der Waals surface area (Å²) in [7, 11) is 1.58. The second-order valence-electron chi connectivity index (χ2n) is 4.89. The predicted octanol–water partition coefficient (Wildman–Crippen LogP) is 1.05. The third-order valence-electron chi connectivity index (χ3n) is 3.26. The number of rotatable bonds is 5. The van der Waals surface area contributed by atoms with Crippen LogP contribution in [0.3, 0.4) is 0 Å². The minimum atomic E-state index is -1.12. The van der Waals surface area contributed by atoms with E-state index in [1.54, 1.807) is 37.4 Å². The van der Waals surface area contributed by atoms with Gasteiger partial charge in [0.2, 0.25) is 0 Å². The van der Waals surface area contributed by atoms with Crippen LogP contribution in [-0.4, -0.2) is 24.8 Å². The monoisotopic (exact) mass is 327 g/mol. The van der Waals surface area contributed by atoms with Crippen LogP contribution in [0.5, 0.6) is 5.75 Å². The van der Waals surface area contributed by atoms with Crippen LogP contribution in [-0.2, 0) is 16.1 Å². The zero-order valence-corrected chi connectivity index (χ0v) is 13.0. The van der Waals surface area contributed by atoms with Crippen molar-refractivity contribution < 1.29 is 19.1 Å². The van der Waals surface area contributed by atoms with E-state index in [1.807, 2.05) is 12.1 Å². The summed E-state index contributed by atoms with van der Waals surface area (Å²) in [6, 6.07) is 13.6. The van der Waals surface area contributed by atoms with E-state index < -0.39 is 11.8 Å². The van der Waals surface area contributed by atoms with E-state index in [0.29, 0.717) is 6.54 Å². The Morgan fingerprint density at radius 2 is 1.71 bits per heavy atom. The summed E-state index contributed by atoms with van der Waals surface area (Å²) in [6.45, 7) is 0.306. The molecule has 0 fully saturated rings. The number of methoxy groups -OCH3 is 1. The minimum absolute atomic E-state index is 0.216. The summed E-state index contributed by atoms with van der Waals surface area (Å²) in [6.07, 6.45) is 0. The van der Waals surface area contributed by atoms with Crippen molar-refractivity contribution in [1.29, 1.82) is 0 Å². The first-order chi connectivity index (χ1) is 11.5. The SMILES string of the molecule is COc1ccc(CNC(=O)c2ccccc2NC(=O)C(N)=O)cc1. The van der Waals surface area contributed by atoms with Gasteiger partial charge in [0, 0.05) is 6.54 Å². The maximum atomic E-state index is 12.3. The number of nitrogens with one attached hydrogen (secondary N) is 2. The number of carbonyl (C=O) groups excluding carboxylic acids is 3. The summed E-state index contributed by atoms with van der Waals surface area (Å²) in [5.41, 5.74) is 6.25. The second kappa shape index (κ2) is 7.77. The van der Waals surface area contributed by atoms with Crippen molar-refractivity contribution in [2.45, 2.75) is 6.54 Å².